The van der Waals surface area contributed by atoms with E-state index in [2.05, 4.69) is 11.9 Å². The van der Waals surface area contributed by atoms with Crippen molar-refractivity contribution in [3.8, 4) is 0 Å². The molecular weight excluding hydrogens is 373 g/mol. The van der Waals surface area contributed by atoms with Gasteiger partial charge in [-0.15, -0.1) is 11.8 Å². The number of alkyl halides is 1. The minimum absolute atomic E-state index is 0.0791. The maximum atomic E-state index is 16.7. The lowest BCUT2D eigenvalue weighted by Gasteiger charge is -2.44. The summed E-state index contributed by atoms with van der Waals surface area (Å²) >= 11 is 1.69. The van der Waals surface area contributed by atoms with Crippen LogP contribution in [0.2, 0.25) is 0 Å². The normalized spacial score (nSPS) is 31.2. The minimum atomic E-state index is -1.66. The number of hydrogen-bond acceptors (Lipinski definition) is 4. The molecule has 1 N–H and O–H groups in total. The van der Waals surface area contributed by atoms with E-state index in [4.69, 9.17) is 4.74 Å². The second-order valence-corrected chi connectivity index (χ2v) is 9.75. The molecule has 0 spiro atoms. The molecule has 150 valence electrons. The molecule has 2 heterocycles. The van der Waals surface area contributed by atoms with Crippen LogP contribution in [0.25, 0.3) is 0 Å². The van der Waals surface area contributed by atoms with Crippen molar-refractivity contribution in [2.24, 2.45) is 11.3 Å². The molecule has 0 radical (unpaired) electrons. The number of thioether (sulfide) groups is 1. The Morgan fingerprint density at radius 2 is 2.18 bits per heavy atom. The molecule has 4 rings (SSSR count). The van der Waals surface area contributed by atoms with Crippen molar-refractivity contribution in [1.29, 1.82) is 0 Å². The van der Waals surface area contributed by atoms with Crippen LogP contribution in [-0.2, 0) is 9.53 Å². The fourth-order valence-electron chi connectivity index (χ4n) is 4.64. The molecule has 0 bridgehead atoms. The van der Waals surface area contributed by atoms with Crippen LogP contribution in [-0.4, -0.2) is 23.8 Å². The fraction of sp³-hybridized carbons (Fsp3) is 0.522. The quantitative estimate of drug-likeness (QED) is 0.645. The van der Waals surface area contributed by atoms with Gasteiger partial charge in [-0.2, -0.15) is 0 Å². The molecule has 2 aliphatic heterocycles. The van der Waals surface area contributed by atoms with Crippen molar-refractivity contribution < 1.29 is 13.9 Å². The standard InChI is InChI=1S/C23H28FNO2S/c1-5-27-14(2)15-7-6-10-23(24,13-15)19-18-16(8-11-22(3,4)21(18)26)25-17-9-12-28-20(17)19/h6-7,10,19,25H,2,5,8-9,11-13H2,1,3-4H3. The van der Waals surface area contributed by atoms with E-state index < -0.39 is 17.0 Å². The molecule has 0 aromatic rings. The average Bonchev–Trinajstić information content (AvgIpc) is 3.11. The summed E-state index contributed by atoms with van der Waals surface area (Å²) in [5.74, 6) is 0.976. The molecular formula is C23H28FNO2S. The van der Waals surface area contributed by atoms with Crippen molar-refractivity contribution in [2.45, 2.75) is 52.1 Å². The molecule has 2 atom stereocenters. The predicted molar refractivity (Wildman–Crippen MR) is 112 cm³/mol. The molecule has 0 saturated heterocycles. The number of nitrogens with one attached hydrogen (secondary N) is 1. The Balaban J connectivity index is 1.77. The number of halogens is 1. The average molecular weight is 402 g/mol. The van der Waals surface area contributed by atoms with Crippen LogP contribution in [0.15, 0.2) is 58.0 Å². The lowest BCUT2D eigenvalue weighted by atomic mass is 9.65. The third-order valence-corrected chi connectivity index (χ3v) is 7.43. The molecule has 2 aliphatic carbocycles. The molecule has 0 fully saturated rings. The van der Waals surface area contributed by atoms with Gasteiger partial charge in [-0.25, -0.2) is 4.39 Å². The predicted octanol–water partition coefficient (Wildman–Crippen LogP) is 5.34. The number of ether oxygens (including phenoxy) is 1. The van der Waals surface area contributed by atoms with E-state index in [0.717, 1.165) is 46.9 Å². The molecule has 0 aromatic heterocycles. The van der Waals surface area contributed by atoms with Crippen LogP contribution in [0.4, 0.5) is 4.39 Å². The molecule has 3 nitrogen and oxygen atoms in total. The van der Waals surface area contributed by atoms with Gasteiger partial charge in [0.1, 0.15) is 11.4 Å². The topological polar surface area (TPSA) is 38.3 Å². The zero-order chi connectivity index (χ0) is 20.1. The third-order valence-electron chi connectivity index (χ3n) is 6.23. The van der Waals surface area contributed by atoms with E-state index in [1.807, 2.05) is 26.8 Å². The highest BCUT2D eigenvalue weighted by molar-refractivity contribution is 8.03. The van der Waals surface area contributed by atoms with Crippen LogP contribution in [0.1, 0.15) is 46.5 Å². The summed E-state index contributed by atoms with van der Waals surface area (Å²) in [6, 6.07) is 0. The highest BCUT2D eigenvalue weighted by atomic mass is 32.2. The van der Waals surface area contributed by atoms with E-state index in [-0.39, 0.29) is 12.2 Å². The zero-order valence-electron chi connectivity index (χ0n) is 16.9. The molecule has 28 heavy (non-hydrogen) atoms. The molecule has 0 aromatic carbocycles. The lowest BCUT2D eigenvalue weighted by Crippen LogP contribution is -2.46. The Morgan fingerprint density at radius 3 is 2.93 bits per heavy atom. The van der Waals surface area contributed by atoms with Crippen LogP contribution < -0.4 is 5.32 Å². The van der Waals surface area contributed by atoms with Gasteiger partial charge in [0.15, 0.2) is 5.78 Å². The Kier molecular flexibility index (Phi) is 4.85. The summed E-state index contributed by atoms with van der Waals surface area (Å²) in [5, 5.41) is 3.50. The summed E-state index contributed by atoms with van der Waals surface area (Å²) in [6.07, 6.45) is 7.92. The molecule has 4 aliphatic rings. The number of carbonyl (C=O) groups excluding carboxylic acids is 1. The first-order valence-electron chi connectivity index (χ1n) is 10.1. The number of rotatable bonds is 4. The van der Waals surface area contributed by atoms with Gasteiger partial charge >= 0.3 is 0 Å². The highest BCUT2D eigenvalue weighted by Crippen LogP contribution is 2.55. The molecule has 0 saturated carbocycles. The van der Waals surface area contributed by atoms with Gasteiger partial charge in [-0.05, 0) is 37.8 Å². The van der Waals surface area contributed by atoms with Crippen molar-refractivity contribution >= 4 is 17.5 Å². The van der Waals surface area contributed by atoms with Crippen LogP contribution in [0.5, 0.6) is 0 Å². The second kappa shape index (κ2) is 6.94. The number of ketones is 1. The fourth-order valence-corrected chi connectivity index (χ4v) is 5.97. The third kappa shape index (κ3) is 3.08. The van der Waals surface area contributed by atoms with E-state index in [9.17, 15) is 4.79 Å². The van der Waals surface area contributed by atoms with Crippen molar-refractivity contribution in [3.05, 3.63) is 58.0 Å². The zero-order valence-corrected chi connectivity index (χ0v) is 17.7. The number of dihydropyridines is 1. The summed E-state index contributed by atoms with van der Waals surface area (Å²) in [5.41, 5.74) is 1.34. The number of Topliss-reactive ketones (excluding diaryl/α,β-unsaturated/α-hetero) is 1. The van der Waals surface area contributed by atoms with Crippen molar-refractivity contribution in [2.75, 3.05) is 12.4 Å². The summed E-state index contributed by atoms with van der Waals surface area (Å²) < 4.78 is 22.2. The Hall–Kier alpha value is -1.75. The monoisotopic (exact) mass is 401 g/mol. The van der Waals surface area contributed by atoms with Gasteiger partial charge in [0, 0.05) is 39.5 Å². The van der Waals surface area contributed by atoms with Crippen LogP contribution in [0.3, 0.4) is 0 Å². The summed E-state index contributed by atoms with van der Waals surface area (Å²) in [4.78, 5) is 14.4. The largest absolute Gasteiger partial charge is 0.494 e. The van der Waals surface area contributed by atoms with E-state index in [1.54, 1.807) is 23.9 Å². The first kappa shape index (κ1) is 19.6. The number of hydrogen-bond donors (Lipinski definition) is 1. The van der Waals surface area contributed by atoms with Gasteiger partial charge in [0.25, 0.3) is 0 Å². The van der Waals surface area contributed by atoms with Gasteiger partial charge < -0.3 is 10.1 Å². The lowest BCUT2D eigenvalue weighted by molar-refractivity contribution is -0.125. The maximum absolute atomic E-state index is 16.7. The van der Waals surface area contributed by atoms with Gasteiger partial charge in [-0.1, -0.05) is 32.6 Å². The maximum Gasteiger partial charge on any atom is 0.166 e. The van der Waals surface area contributed by atoms with Crippen molar-refractivity contribution in [3.63, 3.8) is 0 Å². The molecule has 5 heteroatoms. The van der Waals surface area contributed by atoms with Crippen LogP contribution in [0, 0.1) is 11.3 Å². The first-order chi connectivity index (χ1) is 13.3. The van der Waals surface area contributed by atoms with Crippen LogP contribution >= 0.6 is 11.8 Å². The summed E-state index contributed by atoms with van der Waals surface area (Å²) in [7, 11) is 0. The molecule has 2 unspecified atom stereocenters. The SMILES string of the molecule is C=C(OCC)C1=CC=CC(F)(C2C3=C(CCS3)NC3=C2C(=O)C(C)(C)CC3)C1. The van der Waals surface area contributed by atoms with Gasteiger partial charge in [0.2, 0.25) is 0 Å². The highest BCUT2D eigenvalue weighted by Gasteiger charge is 2.52. The van der Waals surface area contributed by atoms with Gasteiger partial charge in [-0.3, -0.25) is 4.79 Å². The Labute approximate surface area is 170 Å². The smallest absolute Gasteiger partial charge is 0.166 e. The van der Waals surface area contributed by atoms with Crippen molar-refractivity contribution in [1.82, 2.24) is 5.32 Å². The minimum Gasteiger partial charge on any atom is -0.494 e. The Bertz CT molecular complexity index is 864. The Morgan fingerprint density at radius 1 is 1.39 bits per heavy atom. The molecule has 0 amide bonds. The summed E-state index contributed by atoms with van der Waals surface area (Å²) in [6.45, 7) is 10.3. The van der Waals surface area contributed by atoms with Gasteiger partial charge in [0.05, 0.1) is 12.5 Å². The number of carbonyl (C=O) groups is 1. The first-order valence-corrected chi connectivity index (χ1v) is 11.1. The number of allylic oxidation sites excluding steroid dienone is 8. The van der Waals surface area contributed by atoms with E-state index >= 15 is 4.39 Å². The van der Waals surface area contributed by atoms with E-state index in [0.29, 0.717) is 17.9 Å². The second-order valence-electron chi connectivity index (χ2n) is 8.62. The van der Waals surface area contributed by atoms with E-state index in [1.165, 1.54) is 0 Å².